The molecule has 0 aliphatic carbocycles. The Labute approximate surface area is 146 Å². The van der Waals surface area contributed by atoms with Crippen molar-refractivity contribution in [1.29, 1.82) is 0 Å². The second-order valence-electron chi connectivity index (χ2n) is 7.83. The molecule has 0 atom stereocenters. The van der Waals surface area contributed by atoms with Gasteiger partial charge < -0.3 is 0 Å². The Hall–Kier alpha value is -2.08. The maximum absolute atomic E-state index is 13.2. The molecular formula is C19H23F2N3O. The molecule has 3 rings (SSSR count). The fraction of sp³-hybridized carbons (Fsp3) is 0.474. The molecule has 0 bridgehead atoms. The van der Waals surface area contributed by atoms with Crippen LogP contribution in [0.5, 0.6) is 0 Å². The maximum atomic E-state index is 13.2. The molecule has 1 saturated heterocycles. The number of hydrogen-bond donors (Lipinski definition) is 0. The van der Waals surface area contributed by atoms with Gasteiger partial charge in [0.15, 0.2) is 0 Å². The highest BCUT2D eigenvalue weighted by Crippen LogP contribution is 2.22. The second kappa shape index (κ2) is 6.67. The number of aromatic nitrogens is 2. The quantitative estimate of drug-likeness (QED) is 0.853. The zero-order valence-corrected chi connectivity index (χ0v) is 14.8. The smallest absolute Gasteiger partial charge is 0.266 e. The molecule has 1 aliphatic rings. The van der Waals surface area contributed by atoms with Gasteiger partial charge in [-0.2, -0.15) is 5.10 Å². The van der Waals surface area contributed by atoms with Crippen LogP contribution >= 0.6 is 0 Å². The summed E-state index contributed by atoms with van der Waals surface area (Å²) in [5.41, 5.74) is 1.31. The van der Waals surface area contributed by atoms with Gasteiger partial charge in [0.25, 0.3) is 5.56 Å². The van der Waals surface area contributed by atoms with Crippen molar-refractivity contribution in [3.05, 3.63) is 63.6 Å². The second-order valence-corrected chi connectivity index (χ2v) is 7.83. The fourth-order valence-electron chi connectivity index (χ4n) is 3.11. The van der Waals surface area contributed by atoms with E-state index >= 15 is 0 Å². The predicted octanol–water partition coefficient (Wildman–Crippen LogP) is 2.95. The van der Waals surface area contributed by atoms with E-state index in [1.165, 1.54) is 16.8 Å². The molecule has 1 aromatic heterocycles. The van der Waals surface area contributed by atoms with Gasteiger partial charge in [0, 0.05) is 43.1 Å². The van der Waals surface area contributed by atoms with Crippen molar-refractivity contribution in [3.8, 4) is 0 Å². The molecule has 0 saturated carbocycles. The van der Waals surface area contributed by atoms with Crippen LogP contribution < -0.4 is 5.56 Å². The normalized spacial score (nSPS) is 16.0. The summed E-state index contributed by atoms with van der Waals surface area (Å²) >= 11 is 0. The Morgan fingerprint density at radius 2 is 1.76 bits per heavy atom. The van der Waals surface area contributed by atoms with Crippen molar-refractivity contribution < 1.29 is 8.78 Å². The summed E-state index contributed by atoms with van der Waals surface area (Å²) in [4.78, 5) is 14.1. The molecule has 0 amide bonds. The summed E-state index contributed by atoms with van der Waals surface area (Å²) in [6.45, 7) is 8.83. The third-order valence-electron chi connectivity index (χ3n) is 4.43. The minimum Gasteiger partial charge on any atom is -0.298 e. The monoisotopic (exact) mass is 347 g/mol. The van der Waals surface area contributed by atoms with Crippen LogP contribution in [0.25, 0.3) is 0 Å². The molecule has 1 aliphatic heterocycles. The zero-order valence-electron chi connectivity index (χ0n) is 14.8. The van der Waals surface area contributed by atoms with Crippen LogP contribution in [0.1, 0.15) is 32.0 Å². The summed E-state index contributed by atoms with van der Waals surface area (Å²) in [6, 6.07) is 6.94. The highest BCUT2D eigenvalue weighted by Gasteiger charge is 2.28. The van der Waals surface area contributed by atoms with Gasteiger partial charge in [-0.05, 0) is 23.8 Å². The summed E-state index contributed by atoms with van der Waals surface area (Å²) in [5.74, 6) is -0.789. The highest BCUT2D eigenvalue weighted by molar-refractivity contribution is 5.18. The molecular weight excluding hydrogens is 324 g/mol. The number of likely N-dealkylation sites (tertiary alicyclic amines) is 1. The van der Waals surface area contributed by atoms with Gasteiger partial charge in [-0.15, -0.1) is 0 Å². The first kappa shape index (κ1) is 17.7. The Kier molecular flexibility index (Phi) is 4.73. The topological polar surface area (TPSA) is 38.1 Å². The number of hydrogen-bond acceptors (Lipinski definition) is 3. The van der Waals surface area contributed by atoms with Gasteiger partial charge in [0.05, 0.1) is 12.2 Å². The summed E-state index contributed by atoms with van der Waals surface area (Å²) in [5, 5.41) is 4.48. The molecule has 2 aromatic rings. The largest absolute Gasteiger partial charge is 0.298 e. The van der Waals surface area contributed by atoms with Gasteiger partial charge in [-0.3, -0.25) is 9.69 Å². The molecule has 6 heteroatoms. The average molecular weight is 347 g/mol. The van der Waals surface area contributed by atoms with Crippen molar-refractivity contribution in [3.63, 3.8) is 0 Å². The van der Waals surface area contributed by atoms with E-state index in [0.717, 1.165) is 24.8 Å². The molecule has 0 N–H and O–H groups in total. The highest BCUT2D eigenvalue weighted by atomic mass is 19.1. The number of benzene rings is 1. The van der Waals surface area contributed by atoms with E-state index in [2.05, 4.69) is 30.8 Å². The van der Waals surface area contributed by atoms with E-state index in [4.69, 9.17) is 0 Å². The Morgan fingerprint density at radius 3 is 2.36 bits per heavy atom. The van der Waals surface area contributed by atoms with Crippen LogP contribution in [0.2, 0.25) is 0 Å². The fourth-order valence-corrected chi connectivity index (χ4v) is 3.11. The molecule has 0 spiro atoms. The van der Waals surface area contributed by atoms with Crippen LogP contribution in [0.15, 0.2) is 35.1 Å². The van der Waals surface area contributed by atoms with Gasteiger partial charge in [-0.1, -0.05) is 20.8 Å². The van der Waals surface area contributed by atoms with Gasteiger partial charge in [0.2, 0.25) is 0 Å². The van der Waals surface area contributed by atoms with Crippen molar-refractivity contribution in [1.82, 2.24) is 14.7 Å². The van der Waals surface area contributed by atoms with Crippen LogP contribution in [0.4, 0.5) is 8.78 Å². The molecule has 1 fully saturated rings. The third-order valence-corrected chi connectivity index (χ3v) is 4.43. The van der Waals surface area contributed by atoms with Crippen LogP contribution in [0.3, 0.4) is 0 Å². The molecule has 4 nitrogen and oxygen atoms in total. The molecule has 1 aromatic carbocycles. The summed E-state index contributed by atoms with van der Waals surface area (Å²) < 4.78 is 28.0. The van der Waals surface area contributed by atoms with Crippen molar-refractivity contribution in [2.45, 2.75) is 39.3 Å². The lowest BCUT2D eigenvalue weighted by molar-refractivity contribution is 0.0762. The molecule has 2 heterocycles. The predicted molar refractivity (Wildman–Crippen MR) is 92.3 cm³/mol. The lowest BCUT2D eigenvalue weighted by atomic mass is 9.92. The molecule has 134 valence electrons. The van der Waals surface area contributed by atoms with Crippen LogP contribution in [0, 0.1) is 17.6 Å². The van der Waals surface area contributed by atoms with E-state index in [9.17, 15) is 13.6 Å². The van der Waals surface area contributed by atoms with Gasteiger partial charge >= 0.3 is 0 Å². The van der Waals surface area contributed by atoms with E-state index in [1.54, 1.807) is 12.1 Å². The van der Waals surface area contributed by atoms with E-state index in [-0.39, 0.29) is 11.0 Å². The Balaban J connectivity index is 1.60. The molecule has 25 heavy (non-hydrogen) atoms. The minimum absolute atomic E-state index is 0.0985. The van der Waals surface area contributed by atoms with Gasteiger partial charge in [-0.25, -0.2) is 13.5 Å². The van der Waals surface area contributed by atoms with E-state index in [1.807, 2.05) is 0 Å². The minimum atomic E-state index is -0.554. The number of rotatable bonds is 4. The standard InChI is InChI=1S/C19H23F2N3O/c1-19(2,3)17-4-5-18(25)24(22-17)12-14-10-23(11-14)9-13-6-15(20)8-16(21)7-13/h4-8,14H,9-12H2,1-3H3. The zero-order chi connectivity index (χ0) is 18.2. The van der Waals surface area contributed by atoms with Gasteiger partial charge in [0.1, 0.15) is 11.6 Å². The van der Waals surface area contributed by atoms with Crippen LogP contribution in [-0.4, -0.2) is 27.8 Å². The summed E-state index contributed by atoms with van der Waals surface area (Å²) in [6.07, 6.45) is 0. The lowest BCUT2D eigenvalue weighted by Gasteiger charge is -2.39. The molecule has 0 radical (unpaired) electrons. The first-order valence-electron chi connectivity index (χ1n) is 8.47. The van der Waals surface area contributed by atoms with Crippen molar-refractivity contribution in [2.24, 2.45) is 5.92 Å². The SMILES string of the molecule is CC(C)(C)c1ccc(=O)n(CC2CN(Cc3cc(F)cc(F)c3)C2)n1. The Bertz CT molecular complexity index is 800. The number of halogens is 2. The third kappa shape index (κ3) is 4.31. The number of nitrogens with zero attached hydrogens (tertiary/aromatic N) is 3. The van der Waals surface area contributed by atoms with E-state index < -0.39 is 11.6 Å². The first-order chi connectivity index (χ1) is 11.7. The van der Waals surface area contributed by atoms with Crippen molar-refractivity contribution in [2.75, 3.05) is 13.1 Å². The lowest BCUT2D eigenvalue weighted by Crippen LogP contribution is -2.49. The Morgan fingerprint density at radius 1 is 1.12 bits per heavy atom. The first-order valence-corrected chi connectivity index (χ1v) is 8.47. The van der Waals surface area contributed by atoms with E-state index in [0.29, 0.717) is 24.6 Å². The average Bonchev–Trinajstić information content (AvgIpc) is 2.44. The maximum Gasteiger partial charge on any atom is 0.266 e. The molecule has 0 unspecified atom stereocenters. The summed E-state index contributed by atoms with van der Waals surface area (Å²) in [7, 11) is 0. The van der Waals surface area contributed by atoms with Crippen LogP contribution in [-0.2, 0) is 18.5 Å². The van der Waals surface area contributed by atoms with Crippen molar-refractivity contribution >= 4 is 0 Å².